The molecular weight excluding hydrogens is 252 g/mol. The van der Waals surface area contributed by atoms with Crippen LogP contribution in [0.2, 0.25) is 0 Å². The van der Waals surface area contributed by atoms with E-state index in [1.54, 1.807) is 0 Å². The SMILES string of the molecule is O/N=C(/Cc1c[nH]c2ccc(F)cc12)C(F)(F)F. The summed E-state index contributed by atoms with van der Waals surface area (Å²) in [7, 11) is 0. The Labute approximate surface area is 98.7 Å². The number of oxime groups is 1. The average Bonchev–Trinajstić information content (AvgIpc) is 2.66. The molecule has 0 unspecified atom stereocenters. The minimum absolute atomic E-state index is 0.217. The number of H-pyrrole nitrogens is 1. The van der Waals surface area contributed by atoms with Gasteiger partial charge in [-0.1, -0.05) is 5.16 Å². The summed E-state index contributed by atoms with van der Waals surface area (Å²) < 4.78 is 50.3. The van der Waals surface area contributed by atoms with Gasteiger partial charge < -0.3 is 10.2 Å². The van der Waals surface area contributed by atoms with Crippen molar-refractivity contribution in [2.75, 3.05) is 0 Å². The predicted octanol–water partition coefficient (Wildman–Crippen LogP) is 3.24. The topological polar surface area (TPSA) is 48.4 Å². The Morgan fingerprint density at radius 1 is 1.33 bits per heavy atom. The molecule has 0 aliphatic carbocycles. The van der Waals surface area contributed by atoms with E-state index in [0.29, 0.717) is 10.9 Å². The Kier molecular flexibility index (Phi) is 2.98. The zero-order valence-electron chi connectivity index (χ0n) is 8.92. The molecule has 2 rings (SSSR count). The molecule has 0 aliphatic heterocycles. The third kappa shape index (κ3) is 2.29. The first-order chi connectivity index (χ1) is 8.41. The number of hydrogen-bond donors (Lipinski definition) is 2. The van der Waals surface area contributed by atoms with Gasteiger partial charge in [0.25, 0.3) is 0 Å². The molecular formula is C11H8F4N2O. The summed E-state index contributed by atoms with van der Waals surface area (Å²) in [6.07, 6.45) is -4.00. The van der Waals surface area contributed by atoms with Crippen LogP contribution in [0.5, 0.6) is 0 Å². The molecule has 1 aromatic heterocycles. The van der Waals surface area contributed by atoms with E-state index in [1.165, 1.54) is 18.3 Å². The molecule has 7 heteroatoms. The Morgan fingerprint density at radius 3 is 2.67 bits per heavy atom. The second-order valence-corrected chi connectivity index (χ2v) is 3.73. The maximum atomic E-state index is 13.0. The van der Waals surface area contributed by atoms with Crippen molar-refractivity contribution in [1.29, 1.82) is 0 Å². The van der Waals surface area contributed by atoms with Gasteiger partial charge in [-0.25, -0.2) is 4.39 Å². The molecule has 96 valence electrons. The van der Waals surface area contributed by atoms with E-state index >= 15 is 0 Å². The highest BCUT2D eigenvalue weighted by Gasteiger charge is 2.36. The third-order valence-electron chi connectivity index (χ3n) is 2.54. The second kappa shape index (κ2) is 4.32. The van der Waals surface area contributed by atoms with Crippen LogP contribution < -0.4 is 0 Å². The van der Waals surface area contributed by atoms with Gasteiger partial charge in [0.2, 0.25) is 0 Å². The van der Waals surface area contributed by atoms with Crippen molar-refractivity contribution in [3.8, 4) is 0 Å². The van der Waals surface area contributed by atoms with Crippen LogP contribution in [0.1, 0.15) is 5.56 Å². The van der Waals surface area contributed by atoms with Gasteiger partial charge in [0, 0.05) is 23.5 Å². The van der Waals surface area contributed by atoms with Crippen LogP contribution in [0.15, 0.2) is 29.6 Å². The number of aromatic amines is 1. The minimum atomic E-state index is -4.72. The summed E-state index contributed by atoms with van der Waals surface area (Å²) in [4.78, 5) is 2.73. The van der Waals surface area contributed by atoms with Crippen LogP contribution in [-0.4, -0.2) is 22.1 Å². The summed E-state index contributed by atoms with van der Waals surface area (Å²) >= 11 is 0. The number of hydrogen-bond acceptors (Lipinski definition) is 2. The molecule has 0 saturated carbocycles. The summed E-state index contributed by atoms with van der Waals surface area (Å²) in [6, 6.07) is 3.76. The molecule has 0 radical (unpaired) electrons. The normalized spacial score (nSPS) is 13.2. The Hall–Kier alpha value is -2.05. The van der Waals surface area contributed by atoms with Gasteiger partial charge >= 0.3 is 6.18 Å². The number of fused-ring (bicyclic) bond motifs is 1. The summed E-state index contributed by atoms with van der Waals surface area (Å²) in [6.45, 7) is 0. The molecule has 0 bridgehead atoms. The van der Waals surface area contributed by atoms with E-state index in [4.69, 9.17) is 5.21 Å². The number of nitrogens with zero attached hydrogens (tertiary/aromatic N) is 1. The molecule has 0 spiro atoms. The van der Waals surface area contributed by atoms with E-state index in [0.717, 1.165) is 6.07 Å². The highest BCUT2D eigenvalue weighted by molar-refractivity contribution is 5.95. The predicted molar refractivity (Wildman–Crippen MR) is 57.2 cm³/mol. The van der Waals surface area contributed by atoms with Gasteiger partial charge in [0.05, 0.1) is 0 Å². The smallest absolute Gasteiger partial charge is 0.411 e. The van der Waals surface area contributed by atoms with Crippen molar-refractivity contribution >= 4 is 16.6 Å². The lowest BCUT2D eigenvalue weighted by Gasteiger charge is -2.07. The fourth-order valence-corrected chi connectivity index (χ4v) is 1.67. The lowest BCUT2D eigenvalue weighted by molar-refractivity contribution is -0.0622. The lowest BCUT2D eigenvalue weighted by atomic mass is 10.1. The maximum absolute atomic E-state index is 13.0. The molecule has 0 fully saturated rings. The molecule has 1 aromatic carbocycles. The molecule has 0 atom stereocenters. The molecule has 1 heterocycles. The first kappa shape index (κ1) is 12.4. The molecule has 0 amide bonds. The minimum Gasteiger partial charge on any atom is -0.411 e. The Balaban J connectivity index is 2.41. The van der Waals surface area contributed by atoms with Gasteiger partial charge in [0.15, 0.2) is 5.71 Å². The van der Waals surface area contributed by atoms with Crippen LogP contribution in [0.25, 0.3) is 10.9 Å². The third-order valence-corrected chi connectivity index (χ3v) is 2.54. The van der Waals surface area contributed by atoms with Crippen LogP contribution in [-0.2, 0) is 6.42 Å². The standard InChI is InChI=1S/C11H8F4N2O/c12-7-1-2-9-8(4-7)6(5-16-9)3-10(17-18)11(13,14)15/h1-2,4-5,16,18H,3H2/b17-10-. The van der Waals surface area contributed by atoms with Crippen molar-refractivity contribution in [3.05, 3.63) is 35.8 Å². The highest BCUT2D eigenvalue weighted by atomic mass is 19.4. The molecule has 0 aliphatic rings. The van der Waals surface area contributed by atoms with E-state index < -0.39 is 24.1 Å². The maximum Gasteiger partial charge on any atom is 0.433 e. The number of benzene rings is 1. The van der Waals surface area contributed by atoms with Crippen LogP contribution in [0, 0.1) is 5.82 Å². The zero-order chi connectivity index (χ0) is 13.3. The number of aromatic nitrogens is 1. The van der Waals surface area contributed by atoms with Crippen molar-refractivity contribution in [2.45, 2.75) is 12.6 Å². The second-order valence-electron chi connectivity index (χ2n) is 3.73. The number of halogens is 4. The zero-order valence-corrected chi connectivity index (χ0v) is 8.92. The molecule has 3 nitrogen and oxygen atoms in total. The molecule has 2 aromatic rings. The van der Waals surface area contributed by atoms with E-state index in [2.05, 4.69) is 10.1 Å². The Bertz CT molecular complexity index is 601. The van der Waals surface area contributed by atoms with Gasteiger partial charge in [0.1, 0.15) is 5.82 Å². The van der Waals surface area contributed by atoms with Gasteiger partial charge in [-0.05, 0) is 23.8 Å². The van der Waals surface area contributed by atoms with E-state index in [9.17, 15) is 17.6 Å². The summed E-state index contributed by atoms with van der Waals surface area (Å²) in [5, 5.41) is 11.0. The van der Waals surface area contributed by atoms with Crippen LogP contribution in [0.4, 0.5) is 17.6 Å². The van der Waals surface area contributed by atoms with Gasteiger partial charge in [-0.2, -0.15) is 13.2 Å². The quantitative estimate of drug-likeness (QED) is 0.370. The van der Waals surface area contributed by atoms with Crippen LogP contribution in [0.3, 0.4) is 0 Å². The summed E-state index contributed by atoms with van der Waals surface area (Å²) in [5.41, 5.74) is -0.590. The van der Waals surface area contributed by atoms with E-state index in [1.807, 2.05) is 0 Å². The molecule has 0 saturated heterocycles. The highest BCUT2D eigenvalue weighted by Crippen LogP contribution is 2.24. The van der Waals surface area contributed by atoms with Gasteiger partial charge in [-0.15, -0.1) is 0 Å². The monoisotopic (exact) mass is 260 g/mol. The van der Waals surface area contributed by atoms with E-state index in [-0.39, 0.29) is 5.56 Å². The number of rotatable bonds is 2. The van der Waals surface area contributed by atoms with Crippen LogP contribution >= 0.6 is 0 Å². The van der Waals surface area contributed by atoms with Crippen molar-refractivity contribution in [2.24, 2.45) is 5.16 Å². The summed E-state index contributed by atoms with van der Waals surface area (Å²) in [5.74, 6) is -0.544. The largest absolute Gasteiger partial charge is 0.433 e. The lowest BCUT2D eigenvalue weighted by Crippen LogP contribution is -2.25. The average molecular weight is 260 g/mol. The number of alkyl halides is 3. The fraction of sp³-hybridized carbons (Fsp3) is 0.182. The molecule has 2 N–H and O–H groups in total. The fourth-order valence-electron chi connectivity index (χ4n) is 1.67. The van der Waals surface area contributed by atoms with Crippen molar-refractivity contribution in [3.63, 3.8) is 0 Å². The van der Waals surface area contributed by atoms with Crippen molar-refractivity contribution < 1.29 is 22.8 Å². The number of nitrogens with one attached hydrogen (secondary N) is 1. The first-order valence-corrected chi connectivity index (χ1v) is 4.95. The Morgan fingerprint density at radius 2 is 2.06 bits per heavy atom. The van der Waals surface area contributed by atoms with Gasteiger partial charge in [-0.3, -0.25) is 0 Å². The van der Waals surface area contributed by atoms with Crippen molar-refractivity contribution in [1.82, 2.24) is 4.98 Å². The first-order valence-electron chi connectivity index (χ1n) is 4.95. The molecule has 18 heavy (non-hydrogen) atoms.